The highest BCUT2D eigenvalue weighted by Gasteiger charge is 2.36. The summed E-state index contributed by atoms with van der Waals surface area (Å²) in [5.74, 6) is -0.371. The first kappa shape index (κ1) is 21.0. The Morgan fingerprint density at radius 2 is 1.86 bits per heavy atom. The minimum absolute atomic E-state index is 0.0944. The number of ether oxygens (including phenoxy) is 1. The van der Waals surface area contributed by atoms with Crippen LogP contribution in [-0.2, 0) is 15.8 Å². The Bertz CT molecular complexity index is 903. The van der Waals surface area contributed by atoms with Crippen LogP contribution in [0.15, 0.2) is 48.5 Å². The molecule has 0 aromatic heterocycles. The molecule has 9 heteroatoms. The zero-order valence-corrected chi connectivity index (χ0v) is 16.2. The molecular weight excluding hydrogens is 409 g/mol. The smallest absolute Gasteiger partial charge is 0.416 e. The van der Waals surface area contributed by atoms with Crippen molar-refractivity contribution < 1.29 is 27.5 Å². The van der Waals surface area contributed by atoms with E-state index in [0.29, 0.717) is 10.8 Å². The Labute approximate surface area is 170 Å². The van der Waals surface area contributed by atoms with Gasteiger partial charge in [0.05, 0.1) is 5.56 Å². The molecule has 2 amide bonds. The number of piperazine rings is 1. The number of benzene rings is 2. The molecule has 0 saturated carbocycles. The summed E-state index contributed by atoms with van der Waals surface area (Å²) in [6.45, 7) is 1.56. The predicted molar refractivity (Wildman–Crippen MR) is 102 cm³/mol. The SMILES string of the molecule is CC1C(=O)N(c2cccc(C(F)(F)F)c2)CCN1C(=O)COc1ccc(Cl)cc1. The average Bonchev–Trinajstić information content (AvgIpc) is 2.69. The molecule has 2 aromatic rings. The monoisotopic (exact) mass is 426 g/mol. The second kappa shape index (κ2) is 8.32. The molecule has 0 spiro atoms. The van der Waals surface area contributed by atoms with E-state index in [0.717, 1.165) is 12.1 Å². The standard InChI is InChI=1S/C20H18ClF3N2O3/c1-13-19(28)26(16-4-2-3-14(11-16)20(22,23)24)10-9-25(13)18(27)12-29-17-7-5-15(21)6-8-17/h2-8,11,13H,9-10,12H2,1H3. The van der Waals surface area contributed by atoms with Crippen molar-refractivity contribution in [1.29, 1.82) is 0 Å². The van der Waals surface area contributed by atoms with E-state index in [9.17, 15) is 22.8 Å². The fourth-order valence-electron chi connectivity index (χ4n) is 3.08. The molecule has 0 radical (unpaired) electrons. The van der Waals surface area contributed by atoms with E-state index in [2.05, 4.69) is 0 Å². The van der Waals surface area contributed by atoms with E-state index in [4.69, 9.17) is 16.3 Å². The summed E-state index contributed by atoms with van der Waals surface area (Å²) in [6, 6.07) is 10.3. The molecular formula is C20H18ClF3N2O3. The van der Waals surface area contributed by atoms with Gasteiger partial charge in [-0.1, -0.05) is 17.7 Å². The number of halogens is 4. The summed E-state index contributed by atoms with van der Waals surface area (Å²) >= 11 is 5.79. The molecule has 154 valence electrons. The third kappa shape index (κ3) is 4.82. The Hall–Kier alpha value is -2.74. The van der Waals surface area contributed by atoms with Crippen LogP contribution in [0.4, 0.5) is 18.9 Å². The number of hydrogen-bond acceptors (Lipinski definition) is 3. The van der Waals surface area contributed by atoms with Crippen molar-refractivity contribution >= 4 is 29.1 Å². The lowest BCUT2D eigenvalue weighted by atomic mass is 10.1. The van der Waals surface area contributed by atoms with Gasteiger partial charge in [0.15, 0.2) is 6.61 Å². The van der Waals surface area contributed by atoms with Gasteiger partial charge in [0.2, 0.25) is 5.91 Å². The van der Waals surface area contributed by atoms with E-state index in [1.807, 2.05) is 0 Å². The van der Waals surface area contributed by atoms with Crippen LogP contribution >= 0.6 is 11.6 Å². The molecule has 5 nitrogen and oxygen atoms in total. The normalized spacial score (nSPS) is 17.4. The zero-order valence-electron chi connectivity index (χ0n) is 15.4. The highest BCUT2D eigenvalue weighted by molar-refractivity contribution is 6.30. The number of alkyl halides is 3. The van der Waals surface area contributed by atoms with Gasteiger partial charge in [0.25, 0.3) is 5.91 Å². The maximum atomic E-state index is 12.9. The topological polar surface area (TPSA) is 49.9 Å². The Kier molecular flexibility index (Phi) is 6.02. The van der Waals surface area contributed by atoms with Gasteiger partial charge in [-0.3, -0.25) is 9.59 Å². The van der Waals surface area contributed by atoms with Gasteiger partial charge < -0.3 is 14.5 Å². The second-order valence-corrected chi connectivity index (χ2v) is 6.98. The molecule has 1 unspecified atom stereocenters. The number of carbonyl (C=O) groups is 2. The maximum Gasteiger partial charge on any atom is 0.416 e. The summed E-state index contributed by atoms with van der Waals surface area (Å²) in [7, 11) is 0. The van der Waals surface area contributed by atoms with E-state index in [1.165, 1.54) is 21.9 Å². The minimum Gasteiger partial charge on any atom is -0.484 e. The zero-order chi connectivity index (χ0) is 21.2. The molecule has 2 aromatic carbocycles. The van der Waals surface area contributed by atoms with Crippen molar-refractivity contribution in [2.45, 2.75) is 19.1 Å². The lowest BCUT2D eigenvalue weighted by molar-refractivity contribution is -0.142. The molecule has 3 rings (SSSR count). The first-order valence-electron chi connectivity index (χ1n) is 8.83. The molecule has 1 saturated heterocycles. The molecule has 1 aliphatic heterocycles. The Balaban J connectivity index is 1.66. The van der Waals surface area contributed by atoms with Gasteiger partial charge >= 0.3 is 6.18 Å². The van der Waals surface area contributed by atoms with E-state index in [-0.39, 0.29) is 31.3 Å². The van der Waals surface area contributed by atoms with Crippen LogP contribution in [0.25, 0.3) is 0 Å². The summed E-state index contributed by atoms with van der Waals surface area (Å²) < 4.78 is 44.3. The van der Waals surface area contributed by atoms with Gasteiger partial charge in [-0.15, -0.1) is 0 Å². The number of anilines is 1. The van der Waals surface area contributed by atoms with Crippen molar-refractivity contribution in [3.8, 4) is 5.75 Å². The van der Waals surface area contributed by atoms with E-state index < -0.39 is 23.7 Å². The highest BCUT2D eigenvalue weighted by atomic mass is 35.5. The van der Waals surface area contributed by atoms with Crippen LogP contribution in [0.3, 0.4) is 0 Å². The maximum absolute atomic E-state index is 12.9. The average molecular weight is 427 g/mol. The van der Waals surface area contributed by atoms with Crippen molar-refractivity contribution in [2.24, 2.45) is 0 Å². The van der Waals surface area contributed by atoms with E-state index >= 15 is 0 Å². The molecule has 0 bridgehead atoms. The Morgan fingerprint density at radius 1 is 1.17 bits per heavy atom. The van der Waals surface area contributed by atoms with Crippen LogP contribution in [0.1, 0.15) is 12.5 Å². The van der Waals surface area contributed by atoms with Gasteiger partial charge in [0.1, 0.15) is 11.8 Å². The first-order valence-corrected chi connectivity index (χ1v) is 9.21. The number of nitrogens with zero attached hydrogens (tertiary/aromatic N) is 2. The van der Waals surface area contributed by atoms with Crippen molar-refractivity contribution in [3.05, 3.63) is 59.1 Å². The molecule has 29 heavy (non-hydrogen) atoms. The van der Waals surface area contributed by atoms with Crippen LogP contribution in [0.2, 0.25) is 5.02 Å². The predicted octanol–water partition coefficient (Wildman–Crippen LogP) is 4.00. The first-order chi connectivity index (χ1) is 13.7. The van der Waals surface area contributed by atoms with Gasteiger partial charge in [-0.25, -0.2) is 0 Å². The largest absolute Gasteiger partial charge is 0.484 e. The van der Waals surface area contributed by atoms with Crippen LogP contribution < -0.4 is 9.64 Å². The number of rotatable bonds is 4. The van der Waals surface area contributed by atoms with E-state index in [1.54, 1.807) is 31.2 Å². The summed E-state index contributed by atoms with van der Waals surface area (Å²) in [5.41, 5.74) is -0.675. The molecule has 1 heterocycles. The fraction of sp³-hybridized carbons (Fsp3) is 0.300. The molecule has 1 atom stereocenters. The highest BCUT2D eigenvalue weighted by Crippen LogP contribution is 2.32. The van der Waals surface area contributed by atoms with Crippen molar-refractivity contribution in [1.82, 2.24) is 4.90 Å². The molecule has 0 aliphatic carbocycles. The van der Waals surface area contributed by atoms with Crippen LogP contribution in [0.5, 0.6) is 5.75 Å². The third-order valence-corrected chi connectivity index (χ3v) is 4.89. The van der Waals surface area contributed by atoms with Gasteiger partial charge in [-0.05, 0) is 49.4 Å². The molecule has 1 aliphatic rings. The van der Waals surface area contributed by atoms with Crippen molar-refractivity contribution in [3.63, 3.8) is 0 Å². The van der Waals surface area contributed by atoms with Crippen LogP contribution in [0, 0.1) is 0 Å². The Morgan fingerprint density at radius 3 is 2.52 bits per heavy atom. The second-order valence-electron chi connectivity index (χ2n) is 6.54. The van der Waals surface area contributed by atoms with Gasteiger partial charge in [-0.2, -0.15) is 13.2 Å². The quantitative estimate of drug-likeness (QED) is 0.742. The minimum atomic E-state index is -4.50. The molecule has 1 fully saturated rings. The fourth-order valence-corrected chi connectivity index (χ4v) is 3.20. The summed E-state index contributed by atoms with van der Waals surface area (Å²) in [5, 5.41) is 0.536. The molecule has 0 N–H and O–H groups in total. The number of carbonyl (C=O) groups excluding carboxylic acids is 2. The third-order valence-electron chi connectivity index (χ3n) is 4.64. The number of hydrogen-bond donors (Lipinski definition) is 0. The number of amides is 2. The summed E-state index contributed by atoms with van der Waals surface area (Å²) in [6.07, 6.45) is -4.50. The van der Waals surface area contributed by atoms with Gasteiger partial charge in [0, 0.05) is 23.8 Å². The lowest BCUT2D eigenvalue weighted by Gasteiger charge is -2.39. The van der Waals surface area contributed by atoms with Crippen LogP contribution in [-0.4, -0.2) is 42.5 Å². The van der Waals surface area contributed by atoms with Crippen molar-refractivity contribution in [2.75, 3.05) is 24.6 Å². The lowest BCUT2D eigenvalue weighted by Crippen LogP contribution is -2.58. The summed E-state index contributed by atoms with van der Waals surface area (Å²) in [4.78, 5) is 27.8.